The number of hydrogen-bond donors (Lipinski definition) is 1. The number of nitrogens with zero attached hydrogens (tertiary/aromatic N) is 3. The molecule has 1 N–H and O–H groups in total. The van der Waals surface area contributed by atoms with E-state index in [0.717, 1.165) is 5.69 Å². The quantitative estimate of drug-likeness (QED) is 0.662. The zero-order valence-corrected chi connectivity index (χ0v) is 10.0. The number of anilines is 1. The van der Waals surface area contributed by atoms with E-state index in [1.807, 2.05) is 6.92 Å². The summed E-state index contributed by atoms with van der Waals surface area (Å²) in [4.78, 5) is 18.9. The fourth-order valence-electron chi connectivity index (χ4n) is 1.56. The second-order valence-corrected chi connectivity index (χ2v) is 3.76. The molecule has 0 bridgehead atoms. The molecule has 2 rings (SSSR count). The third-order valence-corrected chi connectivity index (χ3v) is 2.51. The SMILES string of the molecule is CNc1ccc([N+](=O)[O-])c(-c2ccc(C)nc2)n1. The molecule has 0 aliphatic rings. The van der Waals surface area contributed by atoms with Crippen LogP contribution in [0.2, 0.25) is 0 Å². The number of aryl methyl sites for hydroxylation is 1. The Morgan fingerprint density at radius 1 is 1.28 bits per heavy atom. The van der Waals surface area contributed by atoms with Gasteiger partial charge < -0.3 is 5.32 Å². The molecule has 0 saturated carbocycles. The Hall–Kier alpha value is -2.50. The molecule has 2 aromatic rings. The highest BCUT2D eigenvalue weighted by atomic mass is 16.6. The predicted octanol–water partition coefficient (Wildman–Crippen LogP) is 2.40. The smallest absolute Gasteiger partial charge is 0.295 e. The zero-order valence-electron chi connectivity index (χ0n) is 10.0. The Kier molecular flexibility index (Phi) is 3.18. The van der Waals surface area contributed by atoms with Gasteiger partial charge in [-0.05, 0) is 25.1 Å². The molecule has 6 heteroatoms. The molecule has 6 nitrogen and oxygen atoms in total. The highest BCUT2D eigenvalue weighted by molar-refractivity contribution is 5.70. The van der Waals surface area contributed by atoms with Crippen LogP contribution in [0.3, 0.4) is 0 Å². The molecule has 0 unspecified atom stereocenters. The molecule has 92 valence electrons. The van der Waals surface area contributed by atoms with Crippen LogP contribution < -0.4 is 5.32 Å². The van der Waals surface area contributed by atoms with Crippen molar-refractivity contribution in [3.63, 3.8) is 0 Å². The average Bonchev–Trinajstić information content (AvgIpc) is 2.38. The van der Waals surface area contributed by atoms with Crippen LogP contribution in [0, 0.1) is 17.0 Å². The van der Waals surface area contributed by atoms with Crippen LogP contribution in [0.25, 0.3) is 11.3 Å². The monoisotopic (exact) mass is 244 g/mol. The molecule has 0 amide bonds. The summed E-state index contributed by atoms with van der Waals surface area (Å²) < 4.78 is 0. The normalized spacial score (nSPS) is 10.1. The fraction of sp³-hybridized carbons (Fsp3) is 0.167. The summed E-state index contributed by atoms with van der Waals surface area (Å²) in [5.74, 6) is 0.580. The lowest BCUT2D eigenvalue weighted by Crippen LogP contribution is -1.99. The summed E-state index contributed by atoms with van der Waals surface area (Å²) >= 11 is 0. The van der Waals surface area contributed by atoms with Gasteiger partial charge >= 0.3 is 0 Å². The number of nitrogens with one attached hydrogen (secondary N) is 1. The maximum atomic E-state index is 11.0. The lowest BCUT2D eigenvalue weighted by Gasteiger charge is -2.05. The molecule has 0 spiro atoms. The predicted molar refractivity (Wildman–Crippen MR) is 68.4 cm³/mol. The van der Waals surface area contributed by atoms with E-state index in [2.05, 4.69) is 15.3 Å². The van der Waals surface area contributed by atoms with Crippen LogP contribution in [0.4, 0.5) is 11.5 Å². The van der Waals surface area contributed by atoms with E-state index in [4.69, 9.17) is 0 Å². The molecule has 0 saturated heterocycles. The second-order valence-electron chi connectivity index (χ2n) is 3.76. The minimum atomic E-state index is -0.443. The van der Waals surface area contributed by atoms with Gasteiger partial charge in [0, 0.05) is 30.6 Å². The highest BCUT2D eigenvalue weighted by Gasteiger charge is 2.17. The largest absolute Gasteiger partial charge is 0.373 e. The molecule has 2 aromatic heterocycles. The summed E-state index contributed by atoms with van der Waals surface area (Å²) in [7, 11) is 1.71. The molecule has 0 aliphatic carbocycles. The molecular weight excluding hydrogens is 232 g/mol. The molecular formula is C12H12N4O2. The number of rotatable bonds is 3. The van der Waals surface area contributed by atoms with Crippen molar-refractivity contribution in [2.24, 2.45) is 0 Å². The van der Waals surface area contributed by atoms with Gasteiger partial charge in [-0.25, -0.2) is 4.98 Å². The van der Waals surface area contributed by atoms with Crippen LogP contribution in [0.1, 0.15) is 5.69 Å². The van der Waals surface area contributed by atoms with E-state index in [-0.39, 0.29) is 5.69 Å². The standard InChI is InChI=1S/C12H12N4O2/c1-8-3-4-9(7-14-8)12-10(16(17)18)5-6-11(13-2)15-12/h3-7H,1-2H3,(H,13,15). The van der Waals surface area contributed by atoms with Gasteiger partial charge in [-0.15, -0.1) is 0 Å². The number of hydrogen-bond acceptors (Lipinski definition) is 5. The summed E-state index contributed by atoms with van der Waals surface area (Å²) in [6, 6.07) is 6.58. The third-order valence-electron chi connectivity index (χ3n) is 2.51. The highest BCUT2D eigenvalue weighted by Crippen LogP contribution is 2.28. The summed E-state index contributed by atoms with van der Waals surface area (Å²) in [6.07, 6.45) is 1.59. The van der Waals surface area contributed by atoms with Crippen molar-refractivity contribution >= 4 is 11.5 Å². The van der Waals surface area contributed by atoms with Gasteiger partial charge in [0.15, 0.2) is 5.69 Å². The van der Waals surface area contributed by atoms with E-state index in [1.54, 1.807) is 31.4 Å². The molecule has 18 heavy (non-hydrogen) atoms. The molecule has 0 aliphatic heterocycles. The van der Waals surface area contributed by atoms with Crippen LogP contribution in [-0.4, -0.2) is 21.9 Å². The van der Waals surface area contributed by atoms with Crippen molar-refractivity contribution in [3.8, 4) is 11.3 Å². The topological polar surface area (TPSA) is 81.0 Å². The molecule has 0 fully saturated rings. The lowest BCUT2D eigenvalue weighted by atomic mass is 10.1. The second kappa shape index (κ2) is 4.79. The van der Waals surface area contributed by atoms with Crippen molar-refractivity contribution in [2.45, 2.75) is 6.92 Å². The number of aromatic nitrogens is 2. The van der Waals surface area contributed by atoms with Crippen molar-refractivity contribution < 1.29 is 4.92 Å². The van der Waals surface area contributed by atoms with Gasteiger partial charge in [-0.2, -0.15) is 0 Å². The Balaban J connectivity index is 2.59. The average molecular weight is 244 g/mol. The number of nitro groups is 1. The third kappa shape index (κ3) is 2.27. The number of pyridine rings is 2. The van der Waals surface area contributed by atoms with Crippen LogP contribution in [0.15, 0.2) is 30.5 Å². The fourth-order valence-corrected chi connectivity index (χ4v) is 1.56. The molecule has 0 radical (unpaired) electrons. The minimum absolute atomic E-state index is 0.0281. The first kappa shape index (κ1) is 12.0. The Morgan fingerprint density at radius 2 is 2.06 bits per heavy atom. The van der Waals surface area contributed by atoms with Gasteiger partial charge in [-0.1, -0.05) is 0 Å². The summed E-state index contributed by atoms with van der Waals surface area (Å²) in [6.45, 7) is 1.86. The maximum absolute atomic E-state index is 11.0. The van der Waals surface area contributed by atoms with E-state index in [1.165, 1.54) is 6.07 Å². The van der Waals surface area contributed by atoms with Crippen molar-refractivity contribution in [3.05, 3.63) is 46.3 Å². The van der Waals surface area contributed by atoms with E-state index in [0.29, 0.717) is 17.1 Å². The Morgan fingerprint density at radius 3 is 2.61 bits per heavy atom. The van der Waals surface area contributed by atoms with Gasteiger partial charge in [0.05, 0.1) is 4.92 Å². The van der Waals surface area contributed by atoms with Crippen LogP contribution >= 0.6 is 0 Å². The summed E-state index contributed by atoms with van der Waals surface area (Å²) in [5.41, 5.74) is 1.77. The zero-order chi connectivity index (χ0) is 13.1. The van der Waals surface area contributed by atoms with Gasteiger partial charge in [-0.3, -0.25) is 15.1 Å². The van der Waals surface area contributed by atoms with Crippen LogP contribution in [0.5, 0.6) is 0 Å². The lowest BCUT2D eigenvalue weighted by molar-refractivity contribution is -0.384. The maximum Gasteiger partial charge on any atom is 0.295 e. The molecule has 0 atom stereocenters. The van der Waals surface area contributed by atoms with Gasteiger partial charge in [0.25, 0.3) is 5.69 Å². The van der Waals surface area contributed by atoms with E-state index < -0.39 is 4.92 Å². The first-order valence-corrected chi connectivity index (χ1v) is 5.38. The van der Waals surface area contributed by atoms with Gasteiger partial charge in [0.2, 0.25) is 0 Å². The molecule has 2 heterocycles. The Bertz CT molecular complexity index is 581. The van der Waals surface area contributed by atoms with E-state index in [9.17, 15) is 10.1 Å². The van der Waals surface area contributed by atoms with Crippen molar-refractivity contribution in [1.29, 1.82) is 0 Å². The molecule has 0 aromatic carbocycles. The Labute approximate surface area is 104 Å². The van der Waals surface area contributed by atoms with Crippen LogP contribution in [-0.2, 0) is 0 Å². The van der Waals surface area contributed by atoms with Crippen molar-refractivity contribution in [1.82, 2.24) is 9.97 Å². The minimum Gasteiger partial charge on any atom is -0.373 e. The van der Waals surface area contributed by atoms with E-state index >= 15 is 0 Å². The first-order chi connectivity index (χ1) is 8.61. The van der Waals surface area contributed by atoms with Gasteiger partial charge in [0.1, 0.15) is 5.82 Å². The van der Waals surface area contributed by atoms with Crippen molar-refractivity contribution in [2.75, 3.05) is 12.4 Å². The first-order valence-electron chi connectivity index (χ1n) is 5.38. The summed E-state index contributed by atoms with van der Waals surface area (Å²) in [5, 5.41) is 13.8.